The van der Waals surface area contributed by atoms with Crippen LogP contribution in [0.25, 0.3) is 0 Å². The van der Waals surface area contributed by atoms with Crippen LogP contribution in [0, 0.1) is 0 Å². The van der Waals surface area contributed by atoms with Gasteiger partial charge >= 0.3 is 5.97 Å². The summed E-state index contributed by atoms with van der Waals surface area (Å²) in [5, 5.41) is 2.60. The van der Waals surface area contributed by atoms with Crippen LogP contribution >= 0.6 is 23.5 Å². The SMILES string of the molecule is CC(=O)c1ccccc1NC(=O)COC(=O)c1ccc(C2SCCS2)cc1. The molecule has 7 heteroatoms. The molecule has 0 saturated carbocycles. The molecule has 5 nitrogen and oxygen atoms in total. The average Bonchev–Trinajstić information content (AvgIpc) is 3.21. The van der Waals surface area contributed by atoms with E-state index in [1.807, 2.05) is 35.7 Å². The minimum absolute atomic E-state index is 0.151. The third-order valence-corrected chi connectivity index (χ3v) is 7.06. The van der Waals surface area contributed by atoms with Crippen LogP contribution in [0.3, 0.4) is 0 Å². The molecule has 0 aromatic heterocycles. The molecule has 1 saturated heterocycles. The lowest BCUT2D eigenvalue weighted by Gasteiger charge is -2.10. The van der Waals surface area contributed by atoms with E-state index in [1.165, 1.54) is 12.5 Å². The van der Waals surface area contributed by atoms with E-state index in [1.54, 1.807) is 36.4 Å². The Labute approximate surface area is 166 Å². The molecule has 27 heavy (non-hydrogen) atoms. The number of anilines is 1. The largest absolute Gasteiger partial charge is 0.452 e. The minimum atomic E-state index is -0.553. The number of benzene rings is 2. The zero-order chi connectivity index (χ0) is 19.2. The molecular formula is C20H19NO4S2. The number of hydrogen-bond acceptors (Lipinski definition) is 6. The van der Waals surface area contributed by atoms with Gasteiger partial charge in [-0.3, -0.25) is 9.59 Å². The number of Topliss-reactive ketones (excluding diaryl/α,β-unsaturated/α-hetero) is 1. The Morgan fingerprint density at radius 3 is 2.37 bits per heavy atom. The lowest BCUT2D eigenvalue weighted by molar-refractivity contribution is -0.119. The van der Waals surface area contributed by atoms with Gasteiger partial charge in [0, 0.05) is 17.1 Å². The third kappa shape index (κ3) is 5.14. The topological polar surface area (TPSA) is 72.5 Å². The summed E-state index contributed by atoms with van der Waals surface area (Å²) in [6.07, 6.45) is 0. The predicted octanol–water partition coefficient (Wildman–Crippen LogP) is 4.16. The molecule has 0 atom stereocenters. The lowest BCUT2D eigenvalue weighted by atomic mass is 10.1. The van der Waals surface area contributed by atoms with Crippen LogP contribution in [0.4, 0.5) is 5.69 Å². The zero-order valence-electron chi connectivity index (χ0n) is 14.8. The number of carbonyl (C=O) groups excluding carboxylic acids is 3. The van der Waals surface area contributed by atoms with Crippen molar-refractivity contribution in [3.05, 3.63) is 65.2 Å². The minimum Gasteiger partial charge on any atom is -0.452 e. The normalized spacial score (nSPS) is 14.0. The van der Waals surface area contributed by atoms with Crippen molar-refractivity contribution in [2.75, 3.05) is 23.4 Å². The maximum atomic E-state index is 12.1. The van der Waals surface area contributed by atoms with Crippen molar-refractivity contribution >= 4 is 46.9 Å². The summed E-state index contributed by atoms with van der Waals surface area (Å²) in [7, 11) is 0. The first-order valence-electron chi connectivity index (χ1n) is 8.44. The average molecular weight is 402 g/mol. The van der Waals surface area contributed by atoms with Gasteiger partial charge in [-0.25, -0.2) is 4.79 Å². The molecule has 0 radical (unpaired) electrons. The number of ether oxygens (including phenoxy) is 1. The first kappa shape index (κ1) is 19.5. The lowest BCUT2D eigenvalue weighted by Crippen LogP contribution is -2.22. The number of nitrogens with one attached hydrogen (secondary N) is 1. The Kier molecular flexibility index (Phi) is 6.58. The summed E-state index contributed by atoms with van der Waals surface area (Å²) >= 11 is 3.80. The molecule has 2 aromatic rings. The summed E-state index contributed by atoms with van der Waals surface area (Å²) in [5.41, 5.74) is 2.40. The summed E-state index contributed by atoms with van der Waals surface area (Å²) < 4.78 is 5.50. The van der Waals surface area contributed by atoms with Gasteiger partial charge in [-0.2, -0.15) is 0 Å². The van der Waals surface area contributed by atoms with E-state index >= 15 is 0 Å². The Bertz CT molecular complexity index is 845. The van der Waals surface area contributed by atoms with Crippen molar-refractivity contribution in [2.24, 2.45) is 0 Å². The molecule has 0 bridgehead atoms. The molecule has 3 rings (SSSR count). The highest BCUT2D eigenvalue weighted by Crippen LogP contribution is 2.45. The fourth-order valence-corrected chi connectivity index (χ4v) is 5.49. The van der Waals surface area contributed by atoms with Crippen molar-refractivity contribution in [3.63, 3.8) is 0 Å². The predicted molar refractivity (Wildman–Crippen MR) is 109 cm³/mol. The number of para-hydroxylation sites is 1. The van der Waals surface area contributed by atoms with Crippen molar-refractivity contribution in [1.82, 2.24) is 0 Å². The molecule has 1 fully saturated rings. The van der Waals surface area contributed by atoms with Gasteiger partial charge in [0.05, 0.1) is 15.8 Å². The molecule has 0 spiro atoms. The van der Waals surface area contributed by atoms with Crippen molar-refractivity contribution in [1.29, 1.82) is 0 Å². The molecule has 1 aliphatic rings. The van der Waals surface area contributed by atoms with E-state index in [4.69, 9.17) is 4.74 Å². The van der Waals surface area contributed by atoms with Crippen LogP contribution in [0.5, 0.6) is 0 Å². The maximum Gasteiger partial charge on any atom is 0.338 e. The van der Waals surface area contributed by atoms with Gasteiger partial charge in [0.25, 0.3) is 5.91 Å². The van der Waals surface area contributed by atoms with Crippen LogP contribution in [-0.2, 0) is 9.53 Å². The number of rotatable bonds is 6. The second-order valence-electron chi connectivity index (χ2n) is 5.92. The van der Waals surface area contributed by atoms with Crippen LogP contribution in [-0.4, -0.2) is 35.8 Å². The van der Waals surface area contributed by atoms with E-state index in [2.05, 4.69) is 5.32 Å². The number of ketones is 1. The molecule has 2 aromatic carbocycles. The quantitative estimate of drug-likeness (QED) is 0.579. The van der Waals surface area contributed by atoms with E-state index < -0.39 is 18.5 Å². The molecule has 1 amide bonds. The second kappa shape index (κ2) is 9.10. The second-order valence-corrected chi connectivity index (χ2v) is 8.65. The number of esters is 1. The van der Waals surface area contributed by atoms with Gasteiger partial charge in [-0.15, -0.1) is 23.5 Å². The molecule has 1 aliphatic heterocycles. The van der Waals surface area contributed by atoms with E-state index in [0.717, 1.165) is 11.5 Å². The zero-order valence-corrected chi connectivity index (χ0v) is 16.4. The molecule has 140 valence electrons. The molecule has 1 heterocycles. The fourth-order valence-electron chi connectivity index (χ4n) is 2.63. The van der Waals surface area contributed by atoms with Crippen LogP contribution < -0.4 is 5.32 Å². The molecule has 1 N–H and O–H groups in total. The third-order valence-electron chi connectivity index (χ3n) is 3.96. The van der Waals surface area contributed by atoms with E-state index in [-0.39, 0.29) is 5.78 Å². The van der Waals surface area contributed by atoms with Gasteiger partial charge in [-0.1, -0.05) is 24.3 Å². The standard InChI is InChI=1S/C20H19NO4S2/c1-13(22)16-4-2-3-5-17(16)21-18(23)12-25-19(24)14-6-8-15(9-7-14)20-26-10-11-27-20/h2-9,20H,10-12H2,1H3,(H,21,23). The molecule has 0 unspecified atom stereocenters. The Morgan fingerprint density at radius 2 is 1.70 bits per heavy atom. The van der Waals surface area contributed by atoms with Crippen molar-refractivity contribution < 1.29 is 19.1 Å². The van der Waals surface area contributed by atoms with Crippen LogP contribution in [0.2, 0.25) is 0 Å². The Hall–Kier alpha value is -2.25. The van der Waals surface area contributed by atoms with Gasteiger partial charge in [0.15, 0.2) is 12.4 Å². The van der Waals surface area contributed by atoms with Crippen molar-refractivity contribution in [3.8, 4) is 0 Å². The van der Waals surface area contributed by atoms with Gasteiger partial charge in [-0.05, 0) is 36.8 Å². The number of carbonyl (C=O) groups is 3. The first-order chi connectivity index (χ1) is 13.0. The van der Waals surface area contributed by atoms with Gasteiger partial charge < -0.3 is 10.1 Å². The van der Waals surface area contributed by atoms with Crippen molar-refractivity contribution in [2.45, 2.75) is 11.5 Å². The van der Waals surface area contributed by atoms with Crippen LogP contribution in [0.15, 0.2) is 48.5 Å². The Morgan fingerprint density at radius 1 is 1.04 bits per heavy atom. The fraction of sp³-hybridized carbons (Fsp3) is 0.250. The maximum absolute atomic E-state index is 12.1. The molecule has 0 aliphatic carbocycles. The van der Waals surface area contributed by atoms with Gasteiger partial charge in [0.1, 0.15) is 0 Å². The Balaban J connectivity index is 1.54. The number of hydrogen-bond donors (Lipinski definition) is 1. The monoisotopic (exact) mass is 401 g/mol. The number of amides is 1. The number of thioether (sulfide) groups is 2. The van der Waals surface area contributed by atoms with Gasteiger partial charge in [0.2, 0.25) is 0 Å². The highest BCUT2D eigenvalue weighted by molar-refractivity contribution is 8.19. The smallest absolute Gasteiger partial charge is 0.338 e. The molecular weight excluding hydrogens is 382 g/mol. The first-order valence-corrected chi connectivity index (χ1v) is 10.5. The summed E-state index contributed by atoms with van der Waals surface area (Å²) in [6.45, 7) is 1.01. The summed E-state index contributed by atoms with van der Waals surface area (Å²) in [6, 6.07) is 14.0. The van der Waals surface area contributed by atoms with E-state index in [0.29, 0.717) is 21.4 Å². The summed E-state index contributed by atoms with van der Waals surface area (Å²) in [4.78, 5) is 35.8. The van der Waals surface area contributed by atoms with Crippen LogP contribution in [0.1, 0.15) is 37.8 Å². The summed E-state index contributed by atoms with van der Waals surface area (Å²) in [5.74, 6) is 1.08. The highest BCUT2D eigenvalue weighted by Gasteiger charge is 2.19. The van der Waals surface area contributed by atoms with E-state index in [9.17, 15) is 14.4 Å². The highest BCUT2D eigenvalue weighted by atomic mass is 32.2.